The molecule has 0 spiro atoms. The zero-order chi connectivity index (χ0) is 20.3. The molecule has 1 heterocycles. The summed E-state index contributed by atoms with van der Waals surface area (Å²) < 4.78 is 5.26. The van der Waals surface area contributed by atoms with Crippen LogP contribution in [0.25, 0.3) is 0 Å². The largest absolute Gasteiger partial charge is 0.448 e. The molecule has 0 aliphatic rings. The van der Waals surface area contributed by atoms with Crippen LogP contribution in [0.5, 0.6) is 0 Å². The number of hydrogen-bond acceptors (Lipinski definition) is 5. The van der Waals surface area contributed by atoms with Gasteiger partial charge in [0.15, 0.2) is 11.9 Å². The van der Waals surface area contributed by atoms with Gasteiger partial charge in [0.25, 0.3) is 5.91 Å². The van der Waals surface area contributed by atoms with Crippen LogP contribution in [-0.4, -0.2) is 42.8 Å². The van der Waals surface area contributed by atoms with E-state index in [0.717, 1.165) is 5.69 Å². The van der Waals surface area contributed by atoms with E-state index in [1.54, 1.807) is 26.0 Å². The van der Waals surface area contributed by atoms with Crippen molar-refractivity contribution >= 4 is 29.0 Å². The number of aromatic nitrogens is 1. The lowest BCUT2D eigenvalue weighted by Crippen LogP contribution is -2.30. The second-order valence-electron chi connectivity index (χ2n) is 6.66. The fraction of sp³-hybridized carbons (Fsp3) is 0.350. The van der Waals surface area contributed by atoms with Crippen LogP contribution in [0.2, 0.25) is 0 Å². The van der Waals surface area contributed by atoms with E-state index in [1.807, 2.05) is 31.1 Å². The lowest BCUT2D eigenvalue weighted by molar-refractivity contribution is -0.123. The minimum atomic E-state index is -0.991. The molecular formula is C20H25N3O4. The Balaban J connectivity index is 2.04. The first-order chi connectivity index (χ1) is 12.6. The fourth-order valence-corrected chi connectivity index (χ4v) is 2.84. The van der Waals surface area contributed by atoms with Crippen molar-refractivity contribution in [3.8, 4) is 0 Å². The summed E-state index contributed by atoms with van der Waals surface area (Å²) in [5.74, 6) is -1.24. The van der Waals surface area contributed by atoms with Crippen LogP contribution in [0.3, 0.4) is 0 Å². The van der Waals surface area contributed by atoms with Gasteiger partial charge >= 0.3 is 5.97 Å². The number of rotatable bonds is 6. The Kier molecular flexibility index (Phi) is 6.05. The summed E-state index contributed by atoms with van der Waals surface area (Å²) in [5.41, 5.74) is 3.40. The van der Waals surface area contributed by atoms with E-state index in [1.165, 1.54) is 13.8 Å². The standard InChI is InChI=1S/C20H25N3O4/c1-11-17(13(3)24)12(2)21-18(11)20(26)27-14(4)19(25)22-15-7-9-16(10-8-15)23(5)6/h7-10,14,21H,1-6H3,(H,22,25)/t14-/m1/s1. The summed E-state index contributed by atoms with van der Waals surface area (Å²) in [6.45, 7) is 6.33. The third-order valence-electron chi connectivity index (χ3n) is 4.30. The molecule has 0 radical (unpaired) electrons. The van der Waals surface area contributed by atoms with Crippen molar-refractivity contribution in [3.05, 3.63) is 46.8 Å². The molecule has 0 saturated heterocycles. The molecule has 27 heavy (non-hydrogen) atoms. The molecule has 7 nitrogen and oxygen atoms in total. The van der Waals surface area contributed by atoms with Crippen LogP contribution >= 0.6 is 0 Å². The van der Waals surface area contributed by atoms with Crippen molar-refractivity contribution in [2.75, 3.05) is 24.3 Å². The van der Waals surface area contributed by atoms with Crippen molar-refractivity contribution in [2.24, 2.45) is 0 Å². The first kappa shape index (κ1) is 20.2. The van der Waals surface area contributed by atoms with E-state index >= 15 is 0 Å². The van der Waals surface area contributed by atoms with Gasteiger partial charge in [0.1, 0.15) is 5.69 Å². The van der Waals surface area contributed by atoms with Crippen LogP contribution in [0, 0.1) is 13.8 Å². The first-order valence-corrected chi connectivity index (χ1v) is 8.61. The maximum atomic E-state index is 12.4. The SMILES string of the molecule is CC(=O)c1c(C)[nH]c(C(=O)O[C@H](C)C(=O)Nc2ccc(N(C)C)cc2)c1C. The van der Waals surface area contributed by atoms with Gasteiger partial charge in [0, 0.05) is 36.7 Å². The van der Waals surface area contributed by atoms with E-state index in [9.17, 15) is 14.4 Å². The van der Waals surface area contributed by atoms with E-state index in [2.05, 4.69) is 10.3 Å². The van der Waals surface area contributed by atoms with E-state index in [4.69, 9.17) is 4.74 Å². The Morgan fingerprint density at radius 3 is 2.19 bits per heavy atom. The number of carbonyl (C=O) groups excluding carboxylic acids is 3. The Morgan fingerprint density at radius 1 is 1.11 bits per heavy atom. The van der Waals surface area contributed by atoms with Crippen molar-refractivity contribution in [1.29, 1.82) is 0 Å². The predicted octanol–water partition coefficient (Wildman–Crippen LogP) is 3.08. The molecule has 1 aromatic carbocycles. The highest BCUT2D eigenvalue weighted by atomic mass is 16.5. The van der Waals surface area contributed by atoms with Crippen LogP contribution in [0.15, 0.2) is 24.3 Å². The molecule has 2 aromatic rings. The number of nitrogens with one attached hydrogen (secondary N) is 2. The van der Waals surface area contributed by atoms with Crippen molar-refractivity contribution < 1.29 is 19.1 Å². The molecule has 0 saturated carbocycles. The number of esters is 1. The molecule has 0 aliphatic carbocycles. The monoisotopic (exact) mass is 371 g/mol. The van der Waals surface area contributed by atoms with E-state index in [0.29, 0.717) is 22.5 Å². The van der Waals surface area contributed by atoms with Gasteiger partial charge in [-0.3, -0.25) is 9.59 Å². The Morgan fingerprint density at radius 2 is 1.70 bits per heavy atom. The molecule has 144 valence electrons. The van der Waals surface area contributed by atoms with Crippen molar-refractivity contribution in [1.82, 2.24) is 4.98 Å². The number of benzene rings is 1. The molecule has 2 rings (SSSR count). The smallest absolute Gasteiger partial charge is 0.355 e. The molecule has 1 aromatic heterocycles. The molecule has 0 aliphatic heterocycles. The number of H-pyrrole nitrogens is 1. The number of Topliss-reactive ketones (excluding diaryl/α,β-unsaturated/α-hetero) is 1. The van der Waals surface area contributed by atoms with E-state index < -0.39 is 18.0 Å². The second-order valence-corrected chi connectivity index (χ2v) is 6.66. The van der Waals surface area contributed by atoms with Gasteiger partial charge in [-0.05, 0) is 57.5 Å². The molecule has 0 fully saturated rings. The zero-order valence-electron chi connectivity index (χ0n) is 16.5. The highest BCUT2D eigenvalue weighted by Gasteiger charge is 2.24. The van der Waals surface area contributed by atoms with Gasteiger partial charge in [-0.25, -0.2) is 4.79 Å². The molecule has 1 atom stereocenters. The van der Waals surface area contributed by atoms with Gasteiger partial charge in [-0.15, -0.1) is 0 Å². The first-order valence-electron chi connectivity index (χ1n) is 8.61. The number of aryl methyl sites for hydroxylation is 1. The number of amides is 1. The zero-order valence-corrected chi connectivity index (χ0v) is 16.5. The van der Waals surface area contributed by atoms with Crippen LogP contribution < -0.4 is 10.2 Å². The summed E-state index contributed by atoms with van der Waals surface area (Å²) in [5, 5.41) is 2.72. The Bertz CT molecular complexity index is 866. The van der Waals surface area contributed by atoms with Gasteiger partial charge < -0.3 is 19.9 Å². The highest BCUT2D eigenvalue weighted by Crippen LogP contribution is 2.20. The molecule has 2 N–H and O–H groups in total. The summed E-state index contributed by atoms with van der Waals surface area (Å²) in [6.07, 6.45) is -0.991. The number of ketones is 1. The average Bonchev–Trinajstić information content (AvgIpc) is 2.89. The van der Waals surface area contributed by atoms with Gasteiger partial charge in [-0.2, -0.15) is 0 Å². The minimum absolute atomic E-state index is 0.132. The lowest BCUT2D eigenvalue weighted by atomic mass is 10.1. The van der Waals surface area contributed by atoms with Gasteiger partial charge in [0.05, 0.1) is 0 Å². The number of nitrogens with zero attached hydrogens (tertiary/aromatic N) is 1. The number of carbonyl (C=O) groups is 3. The van der Waals surface area contributed by atoms with Crippen LogP contribution in [0.4, 0.5) is 11.4 Å². The number of hydrogen-bond donors (Lipinski definition) is 2. The third kappa shape index (κ3) is 4.55. The van der Waals surface area contributed by atoms with Gasteiger partial charge in [-0.1, -0.05) is 0 Å². The third-order valence-corrected chi connectivity index (χ3v) is 4.30. The second kappa shape index (κ2) is 8.07. The summed E-state index contributed by atoms with van der Waals surface area (Å²) in [7, 11) is 3.86. The summed E-state index contributed by atoms with van der Waals surface area (Å²) in [6, 6.07) is 7.31. The normalized spacial score (nSPS) is 11.6. The maximum Gasteiger partial charge on any atom is 0.355 e. The summed E-state index contributed by atoms with van der Waals surface area (Å²) >= 11 is 0. The number of ether oxygens (including phenoxy) is 1. The molecule has 7 heteroatoms. The molecule has 1 amide bonds. The Hall–Kier alpha value is -3.09. The fourth-order valence-electron chi connectivity index (χ4n) is 2.84. The quantitative estimate of drug-likeness (QED) is 0.601. The predicted molar refractivity (Wildman–Crippen MR) is 105 cm³/mol. The van der Waals surface area contributed by atoms with Crippen LogP contribution in [0.1, 0.15) is 46.0 Å². The van der Waals surface area contributed by atoms with Crippen LogP contribution in [-0.2, 0) is 9.53 Å². The average molecular weight is 371 g/mol. The highest BCUT2D eigenvalue weighted by molar-refractivity contribution is 6.02. The lowest BCUT2D eigenvalue weighted by Gasteiger charge is -2.15. The molecule has 0 bridgehead atoms. The maximum absolute atomic E-state index is 12.4. The Labute approximate surface area is 158 Å². The molecule has 0 unspecified atom stereocenters. The number of anilines is 2. The minimum Gasteiger partial charge on any atom is -0.448 e. The summed E-state index contributed by atoms with van der Waals surface area (Å²) in [4.78, 5) is 41.2. The number of aromatic amines is 1. The van der Waals surface area contributed by atoms with Crippen molar-refractivity contribution in [2.45, 2.75) is 33.8 Å². The van der Waals surface area contributed by atoms with Gasteiger partial charge in [0.2, 0.25) is 0 Å². The van der Waals surface area contributed by atoms with Crippen molar-refractivity contribution in [3.63, 3.8) is 0 Å². The van der Waals surface area contributed by atoms with E-state index in [-0.39, 0.29) is 11.5 Å². The topological polar surface area (TPSA) is 91.5 Å². The molecular weight excluding hydrogens is 346 g/mol.